The molecule has 2 heterocycles. The second-order valence-corrected chi connectivity index (χ2v) is 6.12. The van der Waals surface area contributed by atoms with Crippen LogP contribution in [0.25, 0.3) is 0 Å². The Bertz CT molecular complexity index is 868. The summed E-state index contributed by atoms with van der Waals surface area (Å²) in [5.41, 5.74) is 1.11. The first-order chi connectivity index (χ1) is 12.1. The van der Waals surface area contributed by atoms with Crippen molar-refractivity contribution in [3.8, 4) is 0 Å². The van der Waals surface area contributed by atoms with Crippen molar-refractivity contribution in [3.05, 3.63) is 63.7 Å². The van der Waals surface area contributed by atoms with E-state index in [1.165, 1.54) is 6.07 Å². The predicted molar refractivity (Wildman–Crippen MR) is 92.1 cm³/mol. The van der Waals surface area contributed by atoms with Crippen molar-refractivity contribution in [3.63, 3.8) is 0 Å². The molecule has 126 valence electrons. The van der Waals surface area contributed by atoms with Crippen LogP contribution in [0.15, 0.2) is 42.5 Å². The van der Waals surface area contributed by atoms with E-state index in [2.05, 4.69) is 4.90 Å². The number of hydrogen-bond donors (Lipinski definition) is 0. The van der Waals surface area contributed by atoms with E-state index in [0.717, 1.165) is 36.5 Å². The van der Waals surface area contributed by atoms with Crippen LogP contribution >= 0.6 is 0 Å². The molecule has 7 heteroatoms. The molecule has 0 N–H and O–H groups in total. The Morgan fingerprint density at radius 1 is 0.920 bits per heavy atom. The molecule has 2 amide bonds. The number of imide groups is 1. The zero-order valence-electron chi connectivity index (χ0n) is 13.3. The molecule has 2 aliphatic rings. The highest BCUT2D eigenvalue weighted by Gasteiger charge is 2.39. The zero-order valence-corrected chi connectivity index (χ0v) is 13.3. The Labute approximate surface area is 143 Å². The monoisotopic (exact) mass is 337 g/mol. The number of amides is 2. The highest BCUT2D eigenvalue weighted by Crippen LogP contribution is 2.38. The normalized spacial score (nSPS) is 16.5. The van der Waals surface area contributed by atoms with E-state index in [1.807, 2.05) is 0 Å². The standard InChI is InChI=1S/C18H15N3O4/c22-17-13-5-1-2-6-14(13)18(23)20(17)16-11-12(19-9-3-4-10-19)7-8-15(16)21(24)25/h1-2,5-8,11H,3-4,9-10H2. The van der Waals surface area contributed by atoms with Crippen molar-refractivity contribution in [2.45, 2.75) is 12.8 Å². The molecule has 25 heavy (non-hydrogen) atoms. The topological polar surface area (TPSA) is 83.8 Å². The lowest BCUT2D eigenvalue weighted by Gasteiger charge is -2.20. The van der Waals surface area contributed by atoms with Crippen molar-refractivity contribution in [1.82, 2.24) is 0 Å². The lowest BCUT2D eigenvalue weighted by Crippen LogP contribution is -2.30. The van der Waals surface area contributed by atoms with Crippen LogP contribution in [-0.2, 0) is 0 Å². The van der Waals surface area contributed by atoms with Crippen molar-refractivity contribution >= 4 is 28.9 Å². The molecule has 0 aromatic heterocycles. The van der Waals surface area contributed by atoms with Gasteiger partial charge in [-0.3, -0.25) is 19.7 Å². The number of carbonyl (C=O) groups is 2. The summed E-state index contributed by atoms with van der Waals surface area (Å²) in [6, 6.07) is 11.1. The van der Waals surface area contributed by atoms with Gasteiger partial charge in [0.05, 0.1) is 16.1 Å². The summed E-state index contributed by atoms with van der Waals surface area (Å²) in [7, 11) is 0. The van der Waals surface area contributed by atoms with Crippen LogP contribution in [0.4, 0.5) is 17.1 Å². The quantitative estimate of drug-likeness (QED) is 0.488. The number of nitro groups is 1. The smallest absolute Gasteiger partial charge is 0.293 e. The van der Waals surface area contributed by atoms with Gasteiger partial charge < -0.3 is 4.90 Å². The number of carbonyl (C=O) groups excluding carboxylic acids is 2. The Morgan fingerprint density at radius 3 is 2.08 bits per heavy atom. The molecule has 1 fully saturated rings. The van der Waals surface area contributed by atoms with Gasteiger partial charge in [0, 0.05) is 24.8 Å². The summed E-state index contributed by atoms with van der Waals surface area (Å²) in [4.78, 5) is 39.3. The Hall–Kier alpha value is -3.22. The number of fused-ring (bicyclic) bond motifs is 1. The van der Waals surface area contributed by atoms with Gasteiger partial charge in [0.1, 0.15) is 5.69 Å². The maximum atomic E-state index is 12.7. The van der Waals surface area contributed by atoms with Gasteiger partial charge in [0.25, 0.3) is 17.5 Å². The average molecular weight is 337 g/mol. The second-order valence-electron chi connectivity index (χ2n) is 6.12. The molecule has 0 aliphatic carbocycles. The summed E-state index contributed by atoms with van der Waals surface area (Å²) < 4.78 is 0. The third-order valence-corrected chi connectivity index (χ3v) is 4.66. The number of nitro benzene ring substituents is 1. The molecule has 2 aliphatic heterocycles. The van der Waals surface area contributed by atoms with Gasteiger partial charge in [-0.05, 0) is 37.1 Å². The molecule has 0 saturated carbocycles. The first-order valence-corrected chi connectivity index (χ1v) is 8.09. The maximum Gasteiger partial charge on any atom is 0.293 e. The van der Waals surface area contributed by atoms with E-state index >= 15 is 0 Å². The highest BCUT2D eigenvalue weighted by molar-refractivity contribution is 6.35. The summed E-state index contributed by atoms with van der Waals surface area (Å²) in [6.07, 6.45) is 2.11. The molecule has 0 atom stereocenters. The number of benzene rings is 2. The Morgan fingerprint density at radius 2 is 1.52 bits per heavy atom. The molecule has 0 radical (unpaired) electrons. The number of anilines is 2. The first kappa shape index (κ1) is 15.3. The predicted octanol–water partition coefficient (Wildman–Crippen LogP) is 3.00. The number of rotatable bonds is 3. The molecular formula is C18H15N3O4. The fourth-order valence-electron chi connectivity index (χ4n) is 3.43. The van der Waals surface area contributed by atoms with E-state index in [0.29, 0.717) is 0 Å². The van der Waals surface area contributed by atoms with Gasteiger partial charge >= 0.3 is 0 Å². The maximum absolute atomic E-state index is 12.7. The average Bonchev–Trinajstić information content (AvgIpc) is 3.23. The fourth-order valence-corrected chi connectivity index (χ4v) is 3.43. The van der Waals surface area contributed by atoms with Crippen molar-refractivity contribution in [2.24, 2.45) is 0 Å². The Kier molecular flexibility index (Phi) is 3.49. The van der Waals surface area contributed by atoms with Crippen LogP contribution in [0.1, 0.15) is 33.6 Å². The van der Waals surface area contributed by atoms with Crippen LogP contribution in [0.5, 0.6) is 0 Å². The van der Waals surface area contributed by atoms with Gasteiger partial charge in [-0.1, -0.05) is 12.1 Å². The van der Waals surface area contributed by atoms with Crippen LogP contribution < -0.4 is 9.80 Å². The van der Waals surface area contributed by atoms with E-state index in [-0.39, 0.29) is 22.5 Å². The largest absolute Gasteiger partial charge is 0.371 e. The van der Waals surface area contributed by atoms with Gasteiger partial charge in [0.2, 0.25) is 0 Å². The van der Waals surface area contributed by atoms with Crippen molar-refractivity contribution in [1.29, 1.82) is 0 Å². The summed E-state index contributed by atoms with van der Waals surface area (Å²) in [5, 5.41) is 11.4. The fraction of sp³-hybridized carbons (Fsp3) is 0.222. The van der Waals surface area contributed by atoms with Crippen LogP contribution in [-0.4, -0.2) is 29.8 Å². The van der Waals surface area contributed by atoms with Gasteiger partial charge in [0.15, 0.2) is 0 Å². The third kappa shape index (κ3) is 2.36. The molecule has 2 aromatic rings. The van der Waals surface area contributed by atoms with Crippen molar-refractivity contribution < 1.29 is 14.5 Å². The molecule has 7 nitrogen and oxygen atoms in total. The third-order valence-electron chi connectivity index (χ3n) is 4.66. The molecule has 0 bridgehead atoms. The van der Waals surface area contributed by atoms with Crippen molar-refractivity contribution in [2.75, 3.05) is 22.9 Å². The second kappa shape index (κ2) is 5.70. The number of hydrogen-bond acceptors (Lipinski definition) is 5. The molecule has 2 aromatic carbocycles. The molecular weight excluding hydrogens is 322 g/mol. The molecule has 0 spiro atoms. The van der Waals surface area contributed by atoms with Gasteiger partial charge in [-0.2, -0.15) is 0 Å². The number of nitrogens with zero attached hydrogens (tertiary/aromatic N) is 3. The van der Waals surface area contributed by atoms with Gasteiger partial charge in [-0.25, -0.2) is 4.90 Å². The van der Waals surface area contributed by atoms with E-state index < -0.39 is 16.7 Å². The molecule has 0 unspecified atom stereocenters. The lowest BCUT2D eigenvalue weighted by atomic mass is 10.1. The van der Waals surface area contributed by atoms with E-state index in [4.69, 9.17) is 0 Å². The minimum absolute atomic E-state index is 0.0283. The van der Waals surface area contributed by atoms with Crippen LogP contribution in [0.3, 0.4) is 0 Å². The summed E-state index contributed by atoms with van der Waals surface area (Å²) >= 11 is 0. The summed E-state index contributed by atoms with van der Waals surface area (Å²) in [6.45, 7) is 1.72. The van der Waals surface area contributed by atoms with Crippen LogP contribution in [0, 0.1) is 10.1 Å². The first-order valence-electron chi connectivity index (χ1n) is 8.09. The van der Waals surface area contributed by atoms with E-state index in [9.17, 15) is 19.7 Å². The Balaban J connectivity index is 1.84. The minimum Gasteiger partial charge on any atom is -0.371 e. The van der Waals surface area contributed by atoms with Gasteiger partial charge in [-0.15, -0.1) is 0 Å². The highest BCUT2D eigenvalue weighted by atomic mass is 16.6. The van der Waals surface area contributed by atoms with E-state index in [1.54, 1.807) is 36.4 Å². The summed E-state index contributed by atoms with van der Waals surface area (Å²) in [5.74, 6) is -1.05. The molecule has 4 rings (SSSR count). The zero-order chi connectivity index (χ0) is 17.6. The SMILES string of the molecule is O=C1c2ccccc2C(=O)N1c1cc(N2CCCC2)ccc1[N+](=O)[O-]. The van der Waals surface area contributed by atoms with Crippen LogP contribution in [0.2, 0.25) is 0 Å². The minimum atomic E-state index is -0.563. The lowest BCUT2D eigenvalue weighted by molar-refractivity contribution is -0.384. The molecule has 1 saturated heterocycles.